The first-order valence-electron chi connectivity index (χ1n) is 9.90. The molecule has 2 aromatic rings. The fourth-order valence-electron chi connectivity index (χ4n) is 3.26. The van der Waals surface area contributed by atoms with Crippen LogP contribution in [0.5, 0.6) is 5.75 Å². The van der Waals surface area contributed by atoms with E-state index in [0.717, 1.165) is 22.3 Å². The number of esters is 1. The number of carbonyl (C=O) groups is 2. The zero-order chi connectivity index (χ0) is 23.2. The summed E-state index contributed by atoms with van der Waals surface area (Å²) >= 11 is 0. The molecular weight excluding hydrogens is 422 g/mol. The van der Waals surface area contributed by atoms with Crippen molar-refractivity contribution in [1.29, 1.82) is 0 Å². The largest absolute Gasteiger partial charge is 0.483 e. The maximum atomic E-state index is 13.8. The number of methoxy groups -OCH3 is 1. The number of ketones is 1. The number of aryl methyl sites for hydroxylation is 3. The minimum absolute atomic E-state index is 0.128. The summed E-state index contributed by atoms with van der Waals surface area (Å²) in [6.07, 6.45) is -1.23. The molecule has 0 saturated heterocycles. The molecule has 0 saturated carbocycles. The number of hydrogen-bond donors (Lipinski definition) is 0. The van der Waals surface area contributed by atoms with Crippen LogP contribution in [0.4, 0.5) is 4.39 Å². The van der Waals surface area contributed by atoms with Gasteiger partial charge in [-0.05, 0) is 68.1 Å². The minimum Gasteiger partial charge on any atom is -0.483 e. The lowest BCUT2D eigenvalue weighted by atomic mass is 9.98. The standard InChI is InChI=1S/C23H28FO6P/c1-6-30-31(27,13-19(25)12-22(26)28-5)14-29-23-17(4)9-15(2)10-20(23)18-7-8-21(24)16(3)11-18/h7-11H,6,12-14H2,1-5H3. The van der Waals surface area contributed by atoms with Gasteiger partial charge in [0.05, 0.1) is 19.9 Å². The van der Waals surface area contributed by atoms with Crippen molar-refractivity contribution < 1.29 is 32.5 Å². The molecule has 1 atom stereocenters. The molecule has 2 rings (SSSR count). The monoisotopic (exact) mass is 450 g/mol. The molecule has 0 spiro atoms. The Morgan fingerprint density at radius 3 is 2.39 bits per heavy atom. The van der Waals surface area contributed by atoms with Crippen molar-refractivity contribution in [2.24, 2.45) is 0 Å². The third-order valence-electron chi connectivity index (χ3n) is 4.64. The van der Waals surface area contributed by atoms with Crippen molar-refractivity contribution >= 4 is 19.1 Å². The highest BCUT2D eigenvalue weighted by Gasteiger charge is 2.29. The average Bonchev–Trinajstić information content (AvgIpc) is 2.68. The van der Waals surface area contributed by atoms with Gasteiger partial charge in [-0.2, -0.15) is 0 Å². The van der Waals surface area contributed by atoms with Gasteiger partial charge >= 0.3 is 5.97 Å². The molecule has 0 amide bonds. The van der Waals surface area contributed by atoms with E-state index >= 15 is 0 Å². The Morgan fingerprint density at radius 2 is 1.77 bits per heavy atom. The highest BCUT2D eigenvalue weighted by molar-refractivity contribution is 7.59. The quantitative estimate of drug-likeness (QED) is 0.281. The van der Waals surface area contributed by atoms with Gasteiger partial charge < -0.3 is 14.0 Å². The van der Waals surface area contributed by atoms with E-state index in [1.807, 2.05) is 26.0 Å². The number of benzene rings is 2. The molecule has 0 radical (unpaired) electrons. The zero-order valence-electron chi connectivity index (χ0n) is 18.5. The van der Waals surface area contributed by atoms with Gasteiger partial charge in [0.25, 0.3) is 0 Å². The van der Waals surface area contributed by atoms with Crippen LogP contribution in [-0.4, -0.2) is 38.0 Å². The number of hydrogen-bond acceptors (Lipinski definition) is 6. The molecule has 168 valence electrons. The van der Waals surface area contributed by atoms with Gasteiger partial charge in [0.1, 0.15) is 18.0 Å². The van der Waals surface area contributed by atoms with Gasteiger partial charge in [-0.1, -0.05) is 12.1 Å². The Balaban J connectivity index is 2.33. The second-order valence-electron chi connectivity index (χ2n) is 7.38. The molecule has 6 nitrogen and oxygen atoms in total. The summed E-state index contributed by atoms with van der Waals surface area (Å²) in [5, 5.41) is 0. The smallest absolute Gasteiger partial charge is 0.313 e. The summed E-state index contributed by atoms with van der Waals surface area (Å²) in [6, 6.07) is 8.60. The maximum absolute atomic E-state index is 13.8. The normalized spacial score (nSPS) is 12.8. The first-order valence-corrected chi connectivity index (χ1v) is 11.9. The van der Waals surface area contributed by atoms with Crippen molar-refractivity contribution in [1.82, 2.24) is 0 Å². The van der Waals surface area contributed by atoms with Gasteiger partial charge in [-0.15, -0.1) is 0 Å². The van der Waals surface area contributed by atoms with Crippen LogP contribution in [0.2, 0.25) is 0 Å². The number of ether oxygens (including phenoxy) is 2. The molecule has 0 bridgehead atoms. The third-order valence-corrected chi connectivity index (χ3v) is 6.73. The predicted molar refractivity (Wildman–Crippen MR) is 117 cm³/mol. The van der Waals surface area contributed by atoms with Crippen molar-refractivity contribution in [2.45, 2.75) is 34.1 Å². The summed E-state index contributed by atoms with van der Waals surface area (Å²) in [5.41, 5.74) is 3.78. The number of carbonyl (C=O) groups excluding carboxylic acids is 2. The fraction of sp³-hybridized carbons (Fsp3) is 0.391. The van der Waals surface area contributed by atoms with Crippen molar-refractivity contribution in [3.8, 4) is 16.9 Å². The van der Waals surface area contributed by atoms with Gasteiger partial charge in [-0.3, -0.25) is 14.2 Å². The molecule has 0 fully saturated rings. The Morgan fingerprint density at radius 1 is 1.06 bits per heavy atom. The van der Waals surface area contributed by atoms with Crippen molar-refractivity contribution in [3.05, 3.63) is 52.8 Å². The van der Waals surface area contributed by atoms with Gasteiger partial charge in [0.2, 0.25) is 7.37 Å². The minimum atomic E-state index is -3.51. The van der Waals surface area contributed by atoms with E-state index in [0.29, 0.717) is 11.3 Å². The average molecular weight is 450 g/mol. The number of Topliss-reactive ketones (excluding diaryl/α,β-unsaturated/α-hetero) is 1. The summed E-state index contributed by atoms with van der Waals surface area (Å²) in [7, 11) is -2.33. The summed E-state index contributed by atoms with van der Waals surface area (Å²) in [4.78, 5) is 23.5. The molecule has 0 aliphatic rings. The summed E-state index contributed by atoms with van der Waals surface area (Å²) in [6.45, 7) is 7.27. The first kappa shape index (κ1) is 24.8. The SMILES string of the molecule is CCOP(=O)(COc1c(C)cc(C)cc1-c1ccc(F)c(C)c1)CC(=O)CC(=O)OC. The predicted octanol–water partition coefficient (Wildman–Crippen LogP) is 5.20. The van der Waals surface area contributed by atoms with Crippen LogP contribution >= 0.6 is 7.37 Å². The van der Waals surface area contributed by atoms with Gasteiger partial charge in [-0.25, -0.2) is 4.39 Å². The fourth-order valence-corrected chi connectivity index (χ4v) is 4.96. The highest BCUT2D eigenvalue weighted by Crippen LogP contribution is 2.48. The Labute approximate surface area is 182 Å². The molecular formula is C23H28FO6P. The topological polar surface area (TPSA) is 78.9 Å². The van der Waals surface area contributed by atoms with Crippen LogP contribution in [-0.2, 0) is 23.4 Å². The second kappa shape index (κ2) is 10.7. The lowest BCUT2D eigenvalue weighted by Crippen LogP contribution is -2.17. The number of halogens is 1. The van der Waals surface area contributed by atoms with Crippen LogP contribution in [0.3, 0.4) is 0 Å². The Kier molecular flexibility index (Phi) is 8.54. The molecule has 0 aliphatic heterocycles. The van der Waals surface area contributed by atoms with Crippen LogP contribution in [0.15, 0.2) is 30.3 Å². The molecule has 1 unspecified atom stereocenters. The van der Waals surface area contributed by atoms with E-state index in [1.165, 1.54) is 13.2 Å². The summed E-state index contributed by atoms with van der Waals surface area (Å²) in [5.74, 6) is -1.06. The van der Waals surface area contributed by atoms with Crippen LogP contribution in [0.25, 0.3) is 11.1 Å². The van der Waals surface area contributed by atoms with Gasteiger partial charge in [0, 0.05) is 5.56 Å². The Bertz CT molecular complexity index is 1020. The Hall–Kier alpha value is -2.50. The molecule has 0 N–H and O–H groups in total. The molecule has 31 heavy (non-hydrogen) atoms. The summed E-state index contributed by atoms with van der Waals surface area (Å²) < 4.78 is 42.8. The van der Waals surface area contributed by atoms with E-state index in [9.17, 15) is 18.5 Å². The van der Waals surface area contributed by atoms with E-state index in [4.69, 9.17) is 9.26 Å². The van der Waals surface area contributed by atoms with E-state index in [2.05, 4.69) is 4.74 Å². The maximum Gasteiger partial charge on any atom is 0.313 e. The van der Waals surface area contributed by atoms with Crippen LogP contribution < -0.4 is 4.74 Å². The molecule has 0 aliphatic carbocycles. The van der Waals surface area contributed by atoms with Crippen LogP contribution in [0, 0.1) is 26.6 Å². The molecule has 8 heteroatoms. The van der Waals surface area contributed by atoms with E-state index < -0.39 is 31.7 Å². The van der Waals surface area contributed by atoms with E-state index in [1.54, 1.807) is 26.0 Å². The molecule has 0 heterocycles. The lowest BCUT2D eigenvalue weighted by Gasteiger charge is -2.21. The first-order chi connectivity index (χ1) is 14.6. The van der Waals surface area contributed by atoms with Crippen molar-refractivity contribution in [2.75, 3.05) is 26.2 Å². The second-order valence-corrected chi connectivity index (χ2v) is 9.84. The lowest BCUT2D eigenvalue weighted by molar-refractivity contribution is -0.142. The highest BCUT2D eigenvalue weighted by atomic mass is 31.2. The molecule has 0 aromatic heterocycles. The van der Waals surface area contributed by atoms with Gasteiger partial charge in [0.15, 0.2) is 12.1 Å². The zero-order valence-corrected chi connectivity index (χ0v) is 19.4. The van der Waals surface area contributed by atoms with E-state index in [-0.39, 0.29) is 18.8 Å². The third kappa shape index (κ3) is 6.74. The molecule has 2 aromatic carbocycles. The number of rotatable bonds is 10. The van der Waals surface area contributed by atoms with Crippen molar-refractivity contribution in [3.63, 3.8) is 0 Å². The van der Waals surface area contributed by atoms with Crippen LogP contribution in [0.1, 0.15) is 30.0 Å².